The minimum atomic E-state index is -0.446. The van der Waals surface area contributed by atoms with Crippen molar-refractivity contribution in [2.75, 3.05) is 6.54 Å². The van der Waals surface area contributed by atoms with Gasteiger partial charge in [-0.15, -0.1) is 0 Å². The largest absolute Gasteiger partial charge is 0.389 e. The Bertz CT molecular complexity index is 232. The van der Waals surface area contributed by atoms with Crippen LogP contribution in [0.3, 0.4) is 0 Å². The molecule has 1 fully saturated rings. The van der Waals surface area contributed by atoms with Crippen LogP contribution in [0, 0.1) is 17.8 Å². The normalized spacial score (nSPS) is 28.6. The van der Waals surface area contributed by atoms with Crippen LogP contribution in [0.25, 0.3) is 0 Å². The Kier molecular flexibility index (Phi) is 6.82. The lowest BCUT2D eigenvalue weighted by atomic mass is 9.79. The molecule has 1 saturated carbocycles. The first-order valence-corrected chi connectivity index (χ1v) is 8.26. The van der Waals surface area contributed by atoms with E-state index in [0.29, 0.717) is 6.04 Å². The molecular formula is C17H35NO. The number of hydrogen-bond acceptors (Lipinski definition) is 2. The van der Waals surface area contributed by atoms with E-state index in [1.807, 2.05) is 0 Å². The molecule has 2 N–H and O–H groups in total. The van der Waals surface area contributed by atoms with Crippen LogP contribution >= 0.6 is 0 Å². The highest BCUT2D eigenvalue weighted by atomic mass is 16.3. The number of hydrogen-bond donors (Lipinski definition) is 2. The molecule has 1 aliphatic rings. The Morgan fingerprint density at radius 3 is 1.95 bits per heavy atom. The van der Waals surface area contributed by atoms with Crippen molar-refractivity contribution in [3.05, 3.63) is 0 Å². The summed E-state index contributed by atoms with van der Waals surface area (Å²) in [5.74, 6) is 2.23. The van der Waals surface area contributed by atoms with Gasteiger partial charge in [0.05, 0.1) is 5.60 Å². The van der Waals surface area contributed by atoms with Crippen LogP contribution in [0.2, 0.25) is 0 Å². The van der Waals surface area contributed by atoms with Crippen LogP contribution < -0.4 is 5.32 Å². The summed E-state index contributed by atoms with van der Waals surface area (Å²) in [5, 5.41) is 14.3. The molecule has 0 bridgehead atoms. The highest BCUT2D eigenvalue weighted by Crippen LogP contribution is 2.31. The van der Waals surface area contributed by atoms with E-state index in [2.05, 4.69) is 39.9 Å². The molecular weight excluding hydrogens is 234 g/mol. The Balaban J connectivity index is 2.41. The Morgan fingerprint density at radius 1 is 1.05 bits per heavy atom. The topological polar surface area (TPSA) is 32.3 Å². The van der Waals surface area contributed by atoms with Gasteiger partial charge in [-0.3, -0.25) is 0 Å². The first-order chi connectivity index (χ1) is 8.81. The standard InChI is InChI=1S/C17H35NO/c1-13(2)10-16(11-14(3)4)18-12-17(19)8-6-15(5)7-9-17/h13-16,18-19H,6-12H2,1-5H3. The molecule has 0 heterocycles. The van der Waals surface area contributed by atoms with Crippen molar-refractivity contribution in [2.45, 2.75) is 84.8 Å². The third-order valence-corrected chi connectivity index (χ3v) is 4.44. The van der Waals surface area contributed by atoms with E-state index in [4.69, 9.17) is 0 Å². The van der Waals surface area contributed by atoms with Crippen LogP contribution in [0.4, 0.5) is 0 Å². The molecule has 0 aromatic rings. The fourth-order valence-electron chi connectivity index (χ4n) is 3.21. The minimum absolute atomic E-state index is 0.446. The van der Waals surface area contributed by atoms with Crippen LogP contribution in [0.5, 0.6) is 0 Å². The fraction of sp³-hybridized carbons (Fsp3) is 1.00. The average Bonchev–Trinajstić information content (AvgIpc) is 2.29. The van der Waals surface area contributed by atoms with Crippen molar-refractivity contribution in [2.24, 2.45) is 17.8 Å². The third kappa shape index (κ3) is 6.76. The van der Waals surface area contributed by atoms with E-state index in [1.165, 1.54) is 25.7 Å². The second kappa shape index (κ2) is 7.64. The minimum Gasteiger partial charge on any atom is -0.389 e. The van der Waals surface area contributed by atoms with Crippen molar-refractivity contribution in [1.82, 2.24) is 5.32 Å². The van der Waals surface area contributed by atoms with Gasteiger partial charge in [0.25, 0.3) is 0 Å². The SMILES string of the molecule is CC(C)CC(CC(C)C)NCC1(O)CCC(C)CC1. The van der Waals surface area contributed by atoms with Crippen LogP contribution in [0.15, 0.2) is 0 Å². The van der Waals surface area contributed by atoms with Gasteiger partial charge in [0, 0.05) is 12.6 Å². The van der Waals surface area contributed by atoms with Gasteiger partial charge < -0.3 is 10.4 Å². The van der Waals surface area contributed by atoms with Crippen molar-refractivity contribution in [3.8, 4) is 0 Å². The zero-order valence-corrected chi connectivity index (χ0v) is 13.7. The maximum atomic E-state index is 10.6. The maximum Gasteiger partial charge on any atom is 0.0771 e. The maximum absolute atomic E-state index is 10.6. The Hall–Kier alpha value is -0.0800. The summed E-state index contributed by atoms with van der Waals surface area (Å²) < 4.78 is 0. The first-order valence-electron chi connectivity index (χ1n) is 8.26. The van der Waals surface area contributed by atoms with Crippen molar-refractivity contribution >= 4 is 0 Å². The predicted octanol–water partition coefficient (Wildman–Crippen LogP) is 3.98. The summed E-state index contributed by atoms with van der Waals surface area (Å²) in [4.78, 5) is 0. The van der Waals surface area contributed by atoms with E-state index < -0.39 is 5.60 Å². The summed E-state index contributed by atoms with van der Waals surface area (Å²) in [6.07, 6.45) is 6.72. The summed E-state index contributed by atoms with van der Waals surface area (Å²) in [6, 6.07) is 0.559. The molecule has 0 unspecified atom stereocenters. The lowest BCUT2D eigenvalue weighted by molar-refractivity contribution is -0.00911. The van der Waals surface area contributed by atoms with Gasteiger partial charge in [-0.2, -0.15) is 0 Å². The van der Waals surface area contributed by atoms with Crippen molar-refractivity contribution in [1.29, 1.82) is 0 Å². The lowest BCUT2D eigenvalue weighted by Gasteiger charge is -2.36. The van der Waals surface area contributed by atoms with Gasteiger partial charge in [-0.05, 0) is 56.3 Å². The monoisotopic (exact) mass is 269 g/mol. The quantitative estimate of drug-likeness (QED) is 0.733. The average molecular weight is 269 g/mol. The van der Waals surface area contributed by atoms with Gasteiger partial charge in [0.2, 0.25) is 0 Å². The molecule has 114 valence electrons. The molecule has 2 heteroatoms. The Morgan fingerprint density at radius 2 is 1.53 bits per heavy atom. The molecule has 0 radical (unpaired) electrons. The molecule has 0 aromatic carbocycles. The molecule has 0 saturated heterocycles. The van der Waals surface area contributed by atoms with E-state index in [1.54, 1.807) is 0 Å². The van der Waals surface area contributed by atoms with Crippen molar-refractivity contribution in [3.63, 3.8) is 0 Å². The molecule has 0 atom stereocenters. The molecule has 0 amide bonds. The number of aliphatic hydroxyl groups is 1. The van der Waals surface area contributed by atoms with E-state index in [0.717, 1.165) is 37.1 Å². The second-order valence-electron chi connectivity index (χ2n) is 7.74. The summed E-state index contributed by atoms with van der Waals surface area (Å²) >= 11 is 0. The van der Waals surface area contributed by atoms with Gasteiger partial charge in [0.1, 0.15) is 0 Å². The number of nitrogens with one attached hydrogen (secondary N) is 1. The zero-order chi connectivity index (χ0) is 14.5. The number of rotatable bonds is 7. The lowest BCUT2D eigenvalue weighted by Crippen LogP contribution is -2.47. The molecule has 19 heavy (non-hydrogen) atoms. The summed E-state index contributed by atoms with van der Waals surface area (Å²) in [5.41, 5.74) is -0.446. The van der Waals surface area contributed by atoms with Crippen LogP contribution in [-0.4, -0.2) is 23.3 Å². The highest BCUT2D eigenvalue weighted by molar-refractivity contribution is 4.87. The smallest absolute Gasteiger partial charge is 0.0771 e. The van der Waals surface area contributed by atoms with E-state index in [9.17, 15) is 5.11 Å². The van der Waals surface area contributed by atoms with Crippen LogP contribution in [0.1, 0.15) is 73.1 Å². The molecule has 0 spiro atoms. The molecule has 1 rings (SSSR count). The van der Waals surface area contributed by atoms with Gasteiger partial charge in [-0.1, -0.05) is 34.6 Å². The molecule has 0 aliphatic heterocycles. The fourth-order valence-corrected chi connectivity index (χ4v) is 3.21. The molecule has 0 aromatic heterocycles. The molecule has 2 nitrogen and oxygen atoms in total. The summed E-state index contributed by atoms with van der Waals surface area (Å²) in [7, 11) is 0. The van der Waals surface area contributed by atoms with Crippen LogP contribution in [-0.2, 0) is 0 Å². The van der Waals surface area contributed by atoms with Gasteiger partial charge in [-0.25, -0.2) is 0 Å². The third-order valence-electron chi connectivity index (χ3n) is 4.44. The van der Waals surface area contributed by atoms with Gasteiger partial charge >= 0.3 is 0 Å². The second-order valence-corrected chi connectivity index (χ2v) is 7.74. The Labute approximate surface area is 120 Å². The predicted molar refractivity (Wildman–Crippen MR) is 83.3 cm³/mol. The zero-order valence-electron chi connectivity index (χ0n) is 13.7. The first kappa shape index (κ1) is 17.0. The highest BCUT2D eigenvalue weighted by Gasteiger charge is 2.32. The van der Waals surface area contributed by atoms with Gasteiger partial charge in [0.15, 0.2) is 0 Å². The van der Waals surface area contributed by atoms with E-state index >= 15 is 0 Å². The van der Waals surface area contributed by atoms with E-state index in [-0.39, 0.29) is 0 Å². The summed E-state index contributed by atoms with van der Waals surface area (Å²) in [6.45, 7) is 12.2. The molecule has 1 aliphatic carbocycles. The van der Waals surface area contributed by atoms with Crippen molar-refractivity contribution < 1.29 is 5.11 Å².